The fraction of sp³-hybridized carbons (Fsp3) is 0.182. The molecule has 0 heterocycles. The minimum Gasteiger partial charge on any atom is -0.486 e. The van der Waals surface area contributed by atoms with Crippen LogP contribution in [0.3, 0.4) is 0 Å². The van der Waals surface area contributed by atoms with Crippen molar-refractivity contribution in [2.24, 2.45) is 5.73 Å². The number of esters is 1. The Morgan fingerprint density at radius 3 is 2.28 bits per heavy atom. The van der Waals surface area contributed by atoms with Crippen LogP contribution >= 0.6 is 0 Å². The number of nitrogens with two attached hydrogens (primary N) is 1. The van der Waals surface area contributed by atoms with Crippen molar-refractivity contribution in [3.8, 4) is 11.5 Å². The molecule has 0 aliphatic rings. The molecule has 7 heteroatoms. The van der Waals surface area contributed by atoms with E-state index in [9.17, 15) is 4.79 Å². The van der Waals surface area contributed by atoms with Crippen LogP contribution in [0.2, 0.25) is 0 Å². The zero-order valence-electron chi connectivity index (χ0n) is 16.3. The maximum atomic E-state index is 12.4. The van der Waals surface area contributed by atoms with Crippen molar-refractivity contribution in [2.75, 3.05) is 25.6 Å². The van der Waals surface area contributed by atoms with Gasteiger partial charge in [0.15, 0.2) is 17.5 Å². The van der Waals surface area contributed by atoms with E-state index in [1.165, 1.54) is 7.11 Å². The number of ether oxygens (including phenoxy) is 3. The number of benzene rings is 2. The Bertz CT molecular complexity index is 878. The first-order valence-corrected chi connectivity index (χ1v) is 8.90. The Morgan fingerprint density at radius 1 is 1.10 bits per heavy atom. The summed E-state index contributed by atoms with van der Waals surface area (Å²) in [7, 11) is 1.33. The molecule has 2 rings (SSSR count). The highest BCUT2D eigenvalue weighted by molar-refractivity contribution is 5.95. The predicted octanol–water partition coefficient (Wildman–Crippen LogP) is 3.43. The number of carbonyl (C=O) groups excluding carboxylic acids is 1. The first kappa shape index (κ1) is 21.6. The molecular formula is C22H25N3O4. The van der Waals surface area contributed by atoms with Crippen molar-refractivity contribution in [1.82, 2.24) is 0 Å². The number of methoxy groups -OCH3 is 1. The van der Waals surface area contributed by atoms with Crippen molar-refractivity contribution < 1.29 is 19.0 Å². The molecule has 4 N–H and O–H groups in total. The van der Waals surface area contributed by atoms with E-state index in [0.717, 1.165) is 0 Å². The monoisotopic (exact) mass is 395 g/mol. The Morgan fingerprint density at radius 2 is 1.72 bits per heavy atom. The number of anilines is 1. The van der Waals surface area contributed by atoms with Gasteiger partial charge in [-0.1, -0.05) is 31.4 Å². The van der Waals surface area contributed by atoms with Crippen molar-refractivity contribution in [3.05, 3.63) is 78.9 Å². The molecule has 0 bridgehead atoms. The van der Waals surface area contributed by atoms with E-state index in [1.807, 2.05) is 0 Å². The van der Waals surface area contributed by atoms with Crippen LogP contribution in [0.5, 0.6) is 11.5 Å². The minimum absolute atomic E-state index is 0.0276. The fourth-order valence-electron chi connectivity index (χ4n) is 2.54. The molecule has 0 amide bonds. The standard InChI is InChI=1S/C22H25N3O4/c1-4-12-28-18-11-8-16(14-19(18)29-13-5-2)20(22(26)27-3)25-17-9-6-15(7-10-17)21(23)24/h4-11,14,20,25H,1-2,12-13H2,3H3,(H3,23,24). The minimum atomic E-state index is -0.775. The molecule has 1 atom stereocenters. The lowest BCUT2D eigenvalue weighted by atomic mass is 10.1. The molecular weight excluding hydrogens is 370 g/mol. The molecule has 0 saturated carbocycles. The van der Waals surface area contributed by atoms with Crippen molar-refractivity contribution in [3.63, 3.8) is 0 Å². The number of hydrogen-bond donors (Lipinski definition) is 3. The molecule has 0 aromatic heterocycles. The van der Waals surface area contributed by atoms with Crippen molar-refractivity contribution >= 4 is 17.5 Å². The van der Waals surface area contributed by atoms with Crippen LogP contribution in [-0.2, 0) is 9.53 Å². The van der Waals surface area contributed by atoms with Gasteiger partial charge in [-0.2, -0.15) is 0 Å². The van der Waals surface area contributed by atoms with Crippen LogP contribution in [0.15, 0.2) is 67.8 Å². The van der Waals surface area contributed by atoms with Crippen LogP contribution in [-0.4, -0.2) is 32.1 Å². The molecule has 0 aliphatic heterocycles. The zero-order valence-corrected chi connectivity index (χ0v) is 16.3. The quantitative estimate of drug-likeness (QED) is 0.233. The van der Waals surface area contributed by atoms with E-state index < -0.39 is 12.0 Å². The molecule has 0 radical (unpaired) electrons. The van der Waals surface area contributed by atoms with Gasteiger partial charge in [0.25, 0.3) is 0 Å². The number of amidine groups is 1. The Balaban J connectivity index is 2.34. The third-order valence-electron chi connectivity index (χ3n) is 3.96. The second-order valence-corrected chi connectivity index (χ2v) is 6.00. The second-order valence-electron chi connectivity index (χ2n) is 6.00. The lowest BCUT2D eigenvalue weighted by Gasteiger charge is -2.20. The summed E-state index contributed by atoms with van der Waals surface area (Å²) in [5.41, 5.74) is 7.38. The van der Waals surface area contributed by atoms with Crippen molar-refractivity contribution in [1.29, 1.82) is 5.41 Å². The normalized spacial score (nSPS) is 11.1. The largest absolute Gasteiger partial charge is 0.486 e. The van der Waals surface area contributed by atoms with Gasteiger partial charge in [0.1, 0.15) is 19.0 Å². The van der Waals surface area contributed by atoms with Gasteiger partial charge in [0.2, 0.25) is 0 Å². The molecule has 1 unspecified atom stereocenters. The summed E-state index contributed by atoms with van der Waals surface area (Å²) < 4.78 is 16.3. The first-order valence-electron chi connectivity index (χ1n) is 8.90. The molecule has 0 saturated heterocycles. The smallest absolute Gasteiger partial charge is 0.332 e. The lowest BCUT2D eigenvalue weighted by molar-refractivity contribution is -0.141. The van der Waals surface area contributed by atoms with Crippen LogP contribution in [0.4, 0.5) is 5.69 Å². The van der Waals surface area contributed by atoms with Crippen LogP contribution < -0.4 is 20.5 Å². The summed E-state index contributed by atoms with van der Waals surface area (Å²) >= 11 is 0. The number of nitrogens with one attached hydrogen (secondary N) is 2. The van der Waals surface area contributed by atoms with Gasteiger partial charge < -0.3 is 25.3 Å². The van der Waals surface area contributed by atoms with Crippen molar-refractivity contribution in [2.45, 2.75) is 6.04 Å². The predicted molar refractivity (Wildman–Crippen MR) is 114 cm³/mol. The highest BCUT2D eigenvalue weighted by Crippen LogP contribution is 2.32. The summed E-state index contributed by atoms with van der Waals surface area (Å²) in [5, 5.41) is 10.6. The molecule has 2 aromatic carbocycles. The van der Waals surface area contributed by atoms with Crippen LogP contribution in [0, 0.1) is 5.41 Å². The number of hydrogen-bond acceptors (Lipinski definition) is 6. The molecule has 29 heavy (non-hydrogen) atoms. The van der Waals surface area contributed by atoms with E-state index in [1.54, 1.807) is 54.6 Å². The van der Waals surface area contributed by atoms with E-state index >= 15 is 0 Å². The molecule has 0 aliphatic carbocycles. The van der Waals surface area contributed by atoms with Gasteiger partial charge in [0, 0.05) is 11.3 Å². The van der Waals surface area contributed by atoms with E-state index in [2.05, 4.69) is 18.5 Å². The highest BCUT2D eigenvalue weighted by Gasteiger charge is 2.23. The van der Waals surface area contributed by atoms with E-state index in [4.69, 9.17) is 25.4 Å². The fourth-order valence-corrected chi connectivity index (χ4v) is 2.54. The first-order chi connectivity index (χ1) is 14.0. The summed E-state index contributed by atoms with van der Waals surface area (Å²) in [4.78, 5) is 12.4. The number of rotatable bonds is 11. The topological polar surface area (TPSA) is 107 Å². The lowest BCUT2D eigenvalue weighted by Crippen LogP contribution is -2.22. The van der Waals surface area contributed by atoms with E-state index in [0.29, 0.717) is 34.9 Å². The Kier molecular flexibility index (Phi) is 7.85. The maximum Gasteiger partial charge on any atom is 0.332 e. The Labute approximate surface area is 170 Å². The summed E-state index contributed by atoms with van der Waals surface area (Å²) in [6, 6.07) is 11.3. The van der Waals surface area contributed by atoms with Gasteiger partial charge in [-0.25, -0.2) is 4.79 Å². The summed E-state index contributed by atoms with van der Waals surface area (Å²) in [6.45, 7) is 7.90. The molecule has 0 fully saturated rings. The maximum absolute atomic E-state index is 12.4. The zero-order chi connectivity index (χ0) is 21.2. The molecule has 7 nitrogen and oxygen atoms in total. The third-order valence-corrected chi connectivity index (χ3v) is 3.96. The van der Waals surface area contributed by atoms with Gasteiger partial charge in [-0.15, -0.1) is 0 Å². The van der Waals surface area contributed by atoms with Crippen LogP contribution in [0.25, 0.3) is 0 Å². The Hall–Kier alpha value is -3.74. The van der Waals surface area contributed by atoms with E-state index in [-0.39, 0.29) is 12.4 Å². The number of carbonyl (C=O) groups is 1. The average Bonchev–Trinajstić information content (AvgIpc) is 2.74. The van der Waals surface area contributed by atoms with Gasteiger partial charge >= 0.3 is 5.97 Å². The molecule has 152 valence electrons. The number of nitrogen functional groups attached to an aromatic ring is 1. The summed E-state index contributed by atoms with van der Waals surface area (Å²) in [6.07, 6.45) is 3.26. The molecule has 2 aromatic rings. The van der Waals surface area contributed by atoms with Gasteiger partial charge in [-0.05, 0) is 42.0 Å². The highest BCUT2D eigenvalue weighted by atomic mass is 16.5. The second kappa shape index (κ2) is 10.6. The molecule has 0 spiro atoms. The summed E-state index contributed by atoms with van der Waals surface area (Å²) in [5.74, 6) is 0.520. The SMILES string of the molecule is C=CCOc1ccc(C(Nc2ccc(C(=N)N)cc2)C(=O)OC)cc1OCC=C. The average molecular weight is 395 g/mol. The van der Waals surface area contributed by atoms with Gasteiger partial charge in [0.05, 0.1) is 7.11 Å². The van der Waals surface area contributed by atoms with Crippen LogP contribution in [0.1, 0.15) is 17.2 Å². The van der Waals surface area contributed by atoms with Gasteiger partial charge in [-0.3, -0.25) is 5.41 Å². The third kappa shape index (κ3) is 5.87.